The number of amides is 1. The fraction of sp³-hybridized carbons (Fsp3) is 0.846. The number of fused-ring (bicyclic) bond motifs is 5. The van der Waals surface area contributed by atoms with Gasteiger partial charge in [-0.3, -0.25) is 19.2 Å². The van der Waals surface area contributed by atoms with Crippen molar-refractivity contribution in [2.45, 2.75) is 78.6 Å². The van der Waals surface area contributed by atoms with Gasteiger partial charge in [-0.25, -0.2) is 8.42 Å². The van der Waals surface area contributed by atoms with Gasteiger partial charge < -0.3 is 9.87 Å². The monoisotopic (exact) mass is 531 g/mol. The minimum atomic E-state index is -4.37. The van der Waals surface area contributed by atoms with Crippen LogP contribution in [0.4, 0.5) is 0 Å². The molecule has 4 fully saturated rings. The van der Waals surface area contributed by atoms with Crippen LogP contribution in [0, 0.1) is 46.3 Å². The standard InChI is InChI=1S/C26H39NO7S.Na/c1-15(4-7-23(31)27-10-11-35(32,33)34)18-5-6-19-24-20(14-22(30)26(18,19)3)25(2)9-8-17(28)12-16(25)13-21(24)29;/h15-16,18-20,24H,4-14H2,1-3H3,(H,27,31)(H,32,33,34);/q;+1/p-1/t15-,16+,18-,19?,20?,24?,25+,26-;/m1./s1. The second kappa shape index (κ2) is 10.9. The summed E-state index contributed by atoms with van der Waals surface area (Å²) in [7, 11) is -4.37. The average molecular weight is 532 g/mol. The number of ketones is 3. The van der Waals surface area contributed by atoms with Gasteiger partial charge in [-0.2, -0.15) is 0 Å². The number of rotatable bonds is 7. The molecule has 0 bridgehead atoms. The molecular weight excluding hydrogens is 493 g/mol. The van der Waals surface area contributed by atoms with E-state index >= 15 is 0 Å². The fourth-order valence-electron chi connectivity index (χ4n) is 8.35. The molecule has 36 heavy (non-hydrogen) atoms. The van der Waals surface area contributed by atoms with Gasteiger partial charge in [0.25, 0.3) is 0 Å². The van der Waals surface area contributed by atoms with Crippen molar-refractivity contribution in [1.82, 2.24) is 5.32 Å². The quantitative estimate of drug-likeness (QED) is 0.350. The predicted molar refractivity (Wildman–Crippen MR) is 127 cm³/mol. The largest absolute Gasteiger partial charge is 1.00 e. The van der Waals surface area contributed by atoms with Gasteiger partial charge in [0.1, 0.15) is 17.3 Å². The second-order valence-electron chi connectivity index (χ2n) is 12.1. The van der Waals surface area contributed by atoms with E-state index < -0.39 is 21.3 Å². The van der Waals surface area contributed by atoms with E-state index in [4.69, 9.17) is 0 Å². The molecule has 0 aromatic carbocycles. The SMILES string of the molecule is C[C@H](CCC(=O)NCCS(=O)(=O)[O-])[C@H]1CCC2C3C(=O)C[C@@H]4CC(=O)CC[C@]4(C)C3CC(=O)[C@@]21C.[Na+]. The molecule has 0 heterocycles. The minimum Gasteiger partial charge on any atom is -0.748 e. The smallest absolute Gasteiger partial charge is 0.748 e. The Kier molecular flexibility index (Phi) is 9.04. The molecule has 4 aliphatic rings. The summed E-state index contributed by atoms with van der Waals surface area (Å²) in [5.41, 5.74) is -0.722. The third-order valence-electron chi connectivity index (χ3n) is 10.4. The molecule has 1 N–H and O–H groups in total. The van der Waals surface area contributed by atoms with Crippen molar-refractivity contribution in [1.29, 1.82) is 0 Å². The Balaban J connectivity index is 0.00000361. The van der Waals surface area contributed by atoms with Crippen LogP contribution < -0.4 is 34.9 Å². The Morgan fingerprint density at radius 2 is 1.81 bits per heavy atom. The molecule has 3 unspecified atom stereocenters. The number of carbonyl (C=O) groups is 4. The van der Waals surface area contributed by atoms with Crippen LogP contribution in [0.15, 0.2) is 0 Å². The molecule has 8 atom stereocenters. The van der Waals surface area contributed by atoms with Gasteiger partial charge in [0.15, 0.2) is 0 Å². The molecule has 0 aromatic heterocycles. The van der Waals surface area contributed by atoms with E-state index in [1.807, 2.05) is 6.92 Å². The maximum absolute atomic E-state index is 13.8. The number of hydrogen-bond acceptors (Lipinski definition) is 7. The van der Waals surface area contributed by atoms with Crippen molar-refractivity contribution in [3.8, 4) is 0 Å². The number of carbonyl (C=O) groups excluding carboxylic acids is 4. The van der Waals surface area contributed by atoms with Crippen LogP contribution in [0.3, 0.4) is 0 Å². The van der Waals surface area contributed by atoms with Gasteiger partial charge in [0.2, 0.25) is 5.91 Å². The Morgan fingerprint density at radius 3 is 2.47 bits per heavy atom. The molecule has 0 saturated heterocycles. The van der Waals surface area contributed by atoms with E-state index in [1.165, 1.54) is 0 Å². The molecule has 4 saturated carbocycles. The Bertz CT molecular complexity index is 1030. The number of Topliss-reactive ketones (excluding diaryl/α,β-unsaturated/α-hetero) is 3. The summed E-state index contributed by atoms with van der Waals surface area (Å²) in [5.74, 6) is -0.0899. The van der Waals surface area contributed by atoms with E-state index in [0.717, 1.165) is 19.3 Å². The zero-order valence-electron chi connectivity index (χ0n) is 22.0. The van der Waals surface area contributed by atoms with Crippen molar-refractivity contribution < 1.29 is 61.7 Å². The summed E-state index contributed by atoms with van der Waals surface area (Å²) >= 11 is 0. The van der Waals surface area contributed by atoms with Crippen LogP contribution in [0.1, 0.15) is 78.6 Å². The maximum Gasteiger partial charge on any atom is 1.00 e. The summed E-state index contributed by atoms with van der Waals surface area (Å²) in [6, 6.07) is 0. The van der Waals surface area contributed by atoms with Gasteiger partial charge in [0.05, 0.1) is 15.9 Å². The van der Waals surface area contributed by atoms with Crippen LogP contribution in [0.25, 0.3) is 0 Å². The van der Waals surface area contributed by atoms with E-state index in [9.17, 15) is 32.1 Å². The molecule has 0 radical (unpaired) electrons. The Morgan fingerprint density at radius 1 is 1.11 bits per heavy atom. The molecule has 4 rings (SSSR count). The van der Waals surface area contributed by atoms with Crippen molar-refractivity contribution in [3.05, 3.63) is 0 Å². The van der Waals surface area contributed by atoms with Gasteiger partial charge in [-0.05, 0) is 60.7 Å². The minimum absolute atomic E-state index is 0. The van der Waals surface area contributed by atoms with Crippen molar-refractivity contribution in [2.75, 3.05) is 12.3 Å². The summed E-state index contributed by atoms with van der Waals surface area (Å²) < 4.78 is 32.1. The zero-order chi connectivity index (χ0) is 25.8. The topological polar surface area (TPSA) is 138 Å². The van der Waals surface area contributed by atoms with Gasteiger partial charge in [-0.15, -0.1) is 0 Å². The number of hydrogen-bond donors (Lipinski definition) is 1. The third kappa shape index (κ3) is 5.42. The van der Waals surface area contributed by atoms with Crippen molar-refractivity contribution in [3.63, 3.8) is 0 Å². The summed E-state index contributed by atoms with van der Waals surface area (Å²) in [4.78, 5) is 51.5. The van der Waals surface area contributed by atoms with E-state index in [2.05, 4.69) is 19.2 Å². The zero-order valence-corrected chi connectivity index (χ0v) is 24.8. The molecule has 8 nitrogen and oxygen atoms in total. The Labute approximate surface area is 236 Å². The summed E-state index contributed by atoms with van der Waals surface area (Å²) in [6.45, 7) is 6.10. The van der Waals surface area contributed by atoms with E-state index in [1.54, 1.807) is 0 Å². The third-order valence-corrected chi connectivity index (χ3v) is 11.1. The van der Waals surface area contributed by atoms with Gasteiger partial charge >= 0.3 is 29.6 Å². The summed E-state index contributed by atoms with van der Waals surface area (Å²) in [5, 5.41) is 2.48. The second-order valence-corrected chi connectivity index (χ2v) is 13.6. The first-order valence-corrected chi connectivity index (χ1v) is 14.6. The van der Waals surface area contributed by atoms with Crippen LogP contribution in [-0.2, 0) is 29.3 Å². The molecule has 1 amide bonds. The van der Waals surface area contributed by atoms with E-state index in [-0.39, 0.29) is 107 Å². The van der Waals surface area contributed by atoms with Crippen LogP contribution in [0.5, 0.6) is 0 Å². The first-order chi connectivity index (χ1) is 16.3. The van der Waals surface area contributed by atoms with E-state index in [0.29, 0.717) is 32.1 Å². The normalized spacial score (nSPS) is 38.9. The van der Waals surface area contributed by atoms with Crippen molar-refractivity contribution >= 4 is 33.4 Å². The van der Waals surface area contributed by atoms with Crippen molar-refractivity contribution in [2.24, 2.45) is 46.3 Å². The molecule has 10 heteroatoms. The predicted octanol–water partition coefficient (Wildman–Crippen LogP) is -0.346. The molecule has 0 aliphatic heterocycles. The van der Waals surface area contributed by atoms with Gasteiger partial charge in [-0.1, -0.05) is 20.8 Å². The molecule has 0 aromatic rings. The molecule has 196 valence electrons. The first kappa shape index (κ1) is 29.9. The number of nitrogens with one attached hydrogen (secondary N) is 1. The van der Waals surface area contributed by atoms with Crippen LogP contribution >= 0.6 is 0 Å². The molecular formula is C26H38NNaO7S. The van der Waals surface area contributed by atoms with Crippen LogP contribution in [0.2, 0.25) is 0 Å². The Hall–Kier alpha value is -0.610. The average Bonchev–Trinajstić information content (AvgIpc) is 3.12. The fourth-order valence-corrected chi connectivity index (χ4v) is 8.71. The summed E-state index contributed by atoms with van der Waals surface area (Å²) in [6.07, 6.45) is 5.06. The molecule has 4 aliphatic carbocycles. The van der Waals surface area contributed by atoms with Gasteiger partial charge in [0, 0.05) is 50.0 Å². The first-order valence-electron chi connectivity index (χ1n) is 13.1. The van der Waals surface area contributed by atoms with Crippen LogP contribution in [-0.4, -0.2) is 48.5 Å². The maximum atomic E-state index is 13.8. The molecule has 0 spiro atoms.